The van der Waals surface area contributed by atoms with E-state index in [0.717, 1.165) is 22.2 Å². The van der Waals surface area contributed by atoms with Gasteiger partial charge >= 0.3 is 0 Å². The van der Waals surface area contributed by atoms with Crippen molar-refractivity contribution >= 4 is 29.3 Å². The Morgan fingerprint density at radius 2 is 1.92 bits per heavy atom. The standard InChI is InChI=1S/C18H14FN5S/c1-11-14(12-6-3-5-9-16(12)21-11)10-20-24-17(22-23-18(24)25)13-7-2-4-8-15(13)19/h2-10,21H,1H3,(H,23,25). The van der Waals surface area contributed by atoms with Crippen LogP contribution in [0, 0.1) is 17.5 Å². The number of fused-ring (bicyclic) bond motifs is 1. The number of aryl methyl sites for hydroxylation is 1. The van der Waals surface area contributed by atoms with Crippen LogP contribution in [0.3, 0.4) is 0 Å². The van der Waals surface area contributed by atoms with Gasteiger partial charge < -0.3 is 4.98 Å². The van der Waals surface area contributed by atoms with Gasteiger partial charge in [-0.3, -0.25) is 0 Å². The highest BCUT2D eigenvalue weighted by molar-refractivity contribution is 7.71. The summed E-state index contributed by atoms with van der Waals surface area (Å²) in [6.07, 6.45) is 1.71. The molecule has 0 bridgehead atoms. The second-order valence-corrected chi connectivity index (χ2v) is 5.98. The monoisotopic (exact) mass is 351 g/mol. The summed E-state index contributed by atoms with van der Waals surface area (Å²) >= 11 is 5.24. The van der Waals surface area contributed by atoms with Gasteiger partial charge in [-0.1, -0.05) is 30.3 Å². The molecule has 0 atom stereocenters. The van der Waals surface area contributed by atoms with Crippen molar-refractivity contribution in [2.75, 3.05) is 0 Å². The smallest absolute Gasteiger partial charge is 0.216 e. The molecule has 2 N–H and O–H groups in total. The second kappa shape index (κ2) is 6.10. The van der Waals surface area contributed by atoms with Crippen LogP contribution >= 0.6 is 12.2 Å². The van der Waals surface area contributed by atoms with Crippen LogP contribution in [0.4, 0.5) is 4.39 Å². The third-order valence-electron chi connectivity index (χ3n) is 4.01. The number of benzene rings is 2. The zero-order valence-corrected chi connectivity index (χ0v) is 14.1. The third kappa shape index (κ3) is 2.68. The van der Waals surface area contributed by atoms with Crippen LogP contribution in [0.1, 0.15) is 11.3 Å². The summed E-state index contributed by atoms with van der Waals surface area (Å²) in [5.74, 6) is -0.0481. The Morgan fingerprint density at radius 3 is 2.76 bits per heavy atom. The maximum atomic E-state index is 14.1. The molecule has 7 heteroatoms. The molecule has 0 saturated heterocycles. The molecule has 0 aliphatic heterocycles. The molecule has 4 aromatic rings. The minimum Gasteiger partial charge on any atom is -0.358 e. The fourth-order valence-corrected chi connectivity index (χ4v) is 2.98. The van der Waals surface area contributed by atoms with E-state index in [2.05, 4.69) is 20.3 Å². The Kier molecular flexibility index (Phi) is 3.77. The average molecular weight is 351 g/mol. The van der Waals surface area contributed by atoms with E-state index >= 15 is 0 Å². The number of aromatic amines is 2. The minimum absolute atomic E-state index is 0.298. The van der Waals surface area contributed by atoms with Gasteiger partial charge in [0.2, 0.25) is 4.77 Å². The quantitative estimate of drug-likeness (QED) is 0.424. The molecule has 0 aliphatic carbocycles. The number of hydrogen-bond acceptors (Lipinski definition) is 3. The molecule has 2 heterocycles. The van der Waals surface area contributed by atoms with Gasteiger partial charge in [-0.25, -0.2) is 9.49 Å². The lowest BCUT2D eigenvalue weighted by atomic mass is 10.1. The largest absolute Gasteiger partial charge is 0.358 e. The maximum absolute atomic E-state index is 14.1. The first kappa shape index (κ1) is 15.5. The Morgan fingerprint density at radius 1 is 1.16 bits per heavy atom. The lowest BCUT2D eigenvalue weighted by molar-refractivity contribution is 0.628. The summed E-state index contributed by atoms with van der Waals surface area (Å²) in [5, 5.41) is 12.3. The van der Waals surface area contributed by atoms with Crippen molar-refractivity contribution in [1.29, 1.82) is 0 Å². The Bertz CT molecular complexity index is 1150. The lowest BCUT2D eigenvalue weighted by Gasteiger charge is -2.02. The van der Waals surface area contributed by atoms with Gasteiger partial charge in [0.05, 0.1) is 11.8 Å². The van der Waals surface area contributed by atoms with Crippen LogP contribution in [0.2, 0.25) is 0 Å². The van der Waals surface area contributed by atoms with E-state index in [9.17, 15) is 4.39 Å². The van der Waals surface area contributed by atoms with E-state index in [0.29, 0.717) is 16.2 Å². The van der Waals surface area contributed by atoms with E-state index < -0.39 is 0 Å². The summed E-state index contributed by atoms with van der Waals surface area (Å²) in [6.45, 7) is 1.98. The molecule has 0 radical (unpaired) electrons. The van der Waals surface area contributed by atoms with Gasteiger partial charge in [0, 0.05) is 22.2 Å². The van der Waals surface area contributed by atoms with Crippen LogP contribution in [-0.4, -0.2) is 26.1 Å². The Labute approximate surface area is 147 Å². The van der Waals surface area contributed by atoms with Crippen molar-refractivity contribution in [3.05, 3.63) is 70.4 Å². The normalized spacial score (nSPS) is 11.6. The fraction of sp³-hybridized carbons (Fsp3) is 0.0556. The Balaban J connectivity index is 1.83. The van der Waals surface area contributed by atoms with Crippen LogP contribution in [0.15, 0.2) is 53.6 Å². The maximum Gasteiger partial charge on any atom is 0.216 e. The molecular weight excluding hydrogens is 337 g/mol. The number of para-hydroxylation sites is 1. The molecule has 0 aliphatic rings. The summed E-state index contributed by atoms with van der Waals surface area (Å²) in [4.78, 5) is 3.32. The number of nitrogens with one attached hydrogen (secondary N) is 2. The van der Waals surface area contributed by atoms with Gasteiger partial charge in [-0.05, 0) is 37.3 Å². The van der Waals surface area contributed by atoms with E-state index in [1.165, 1.54) is 10.7 Å². The molecule has 25 heavy (non-hydrogen) atoms. The van der Waals surface area contributed by atoms with E-state index in [1.807, 2.05) is 31.2 Å². The predicted octanol–water partition coefficient (Wildman–Crippen LogP) is 4.42. The molecule has 0 amide bonds. The third-order valence-corrected chi connectivity index (χ3v) is 4.28. The summed E-state index contributed by atoms with van der Waals surface area (Å²) in [6, 6.07) is 14.4. The highest BCUT2D eigenvalue weighted by Gasteiger charge is 2.13. The summed E-state index contributed by atoms with van der Waals surface area (Å²) in [5.41, 5.74) is 3.32. The Hall–Kier alpha value is -3.06. The van der Waals surface area contributed by atoms with Crippen LogP contribution < -0.4 is 0 Å². The van der Waals surface area contributed by atoms with Gasteiger partial charge in [0.1, 0.15) is 5.82 Å². The van der Waals surface area contributed by atoms with Crippen molar-refractivity contribution in [2.45, 2.75) is 6.92 Å². The average Bonchev–Trinajstić information content (AvgIpc) is 3.13. The predicted molar refractivity (Wildman–Crippen MR) is 98.8 cm³/mol. The highest BCUT2D eigenvalue weighted by Crippen LogP contribution is 2.22. The number of H-pyrrole nitrogens is 2. The molecule has 0 unspecified atom stereocenters. The number of nitrogens with zero attached hydrogens (tertiary/aromatic N) is 3. The molecule has 2 aromatic heterocycles. The SMILES string of the molecule is Cc1[nH]c2ccccc2c1C=Nn1c(-c2ccccc2F)n[nH]c1=S. The number of rotatable bonds is 3. The molecule has 0 spiro atoms. The molecule has 0 saturated carbocycles. The highest BCUT2D eigenvalue weighted by atomic mass is 32.1. The minimum atomic E-state index is -0.378. The zero-order valence-electron chi connectivity index (χ0n) is 13.3. The van der Waals surface area contributed by atoms with Gasteiger partial charge in [-0.2, -0.15) is 14.9 Å². The van der Waals surface area contributed by atoms with Crippen molar-refractivity contribution in [3.63, 3.8) is 0 Å². The summed E-state index contributed by atoms with van der Waals surface area (Å²) < 4.78 is 15.8. The topological polar surface area (TPSA) is 61.8 Å². The molecule has 0 fully saturated rings. The number of hydrogen-bond donors (Lipinski definition) is 2. The molecule has 2 aromatic carbocycles. The van der Waals surface area contributed by atoms with Crippen molar-refractivity contribution in [2.24, 2.45) is 5.10 Å². The first-order chi connectivity index (χ1) is 12.1. The lowest BCUT2D eigenvalue weighted by Crippen LogP contribution is -1.97. The van der Waals surface area contributed by atoms with Gasteiger partial charge in [-0.15, -0.1) is 0 Å². The number of halogens is 1. The second-order valence-electron chi connectivity index (χ2n) is 5.60. The first-order valence-corrected chi connectivity index (χ1v) is 8.10. The number of aromatic nitrogens is 4. The van der Waals surface area contributed by atoms with E-state index in [-0.39, 0.29) is 5.82 Å². The van der Waals surface area contributed by atoms with Crippen LogP contribution in [0.5, 0.6) is 0 Å². The zero-order chi connectivity index (χ0) is 17.4. The van der Waals surface area contributed by atoms with Crippen LogP contribution in [-0.2, 0) is 0 Å². The first-order valence-electron chi connectivity index (χ1n) is 7.69. The molecular formula is C18H14FN5S. The van der Waals surface area contributed by atoms with Crippen molar-refractivity contribution in [3.8, 4) is 11.4 Å². The van der Waals surface area contributed by atoms with Crippen molar-refractivity contribution < 1.29 is 4.39 Å². The fourth-order valence-electron chi connectivity index (χ4n) is 2.80. The van der Waals surface area contributed by atoms with Gasteiger partial charge in [0.25, 0.3) is 0 Å². The molecule has 4 rings (SSSR count). The molecule has 124 valence electrons. The van der Waals surface area contributed by atoms with E-state index in [4.69, 9.17) is 12.2 Å². The van der Waals surface area contributed by atoms with Crippen LogP contribution in [0.25, 0.3) is 22.3 Å². The summed E-state index contributed by atoms with van der Waals surface area (Å²) in [7, 11) is 0. The van der Waals surface area contributed by atoms with Crippen molar-refractivity contribution in [1.82, 2.24) is 19.9 Å². The van der Waals surface area contributed by atoms with E-state index in [1.54, 1.807) is 24.4 Å². The molecule has 5 nitrogen and oxygen atoms in total. The van der Waals surface area contributed by atoms with Gasteiger partial charge in [0.15, 0.2) is 5.82 Å².